The summed E-state index contributed by atoms with van der Waals surface area (Å²) in [6.45, 7) is 0. The summed E-state index contributed by atoms with van der Waals surface area (Å²) in [5, 5.41) is 6.06. The van der Waals surface area contributed by atoms with Gasteiger partial charge in [-0.3, -0.25) is 0 Å². The number of hydrogen-bond acceptors (Lipinski definition) is 3. The first-order valence-corrected chi connectivity index (χ1v) is 13.7. The van der Waals surface area contributed by atoms with Crippen LogP contribution in [0, 0.1) is 0 Å². The van der Waals surface area contributed by atoms with Crippen LogP contribution in [0.3, 0.4) is 0 Å². The molecule has 0 spiro atoms. The zero-order valence-corrected chi connectivity index (χ0v) is 22.4. The fraction of sp³-hybridized carbons (Fsp3) is 0. The Bertz CT molecular complexity index is 2870. The van der Waals surface area contributed by atoms with Crippen molar-refractivity contribution < 1.29 is 13.7 Å². The molecule has 200 valence electrons. The maximum Gasteiger partial charge on any atom is 0.166 e. The van der Waals surface area contributed by atoms with Crippen molar-refractivity contribution in [2.24, 2.45) is 0 Å². The average molecular weight is 559 g/mol. The molecule has 0 bridgehead atoms. The third-order valence-corrected chi connectivity index (χ3v) is 7.78. The summed E-state index contributed by atoms with van der Waals surface area (Å²) in [7, 11) is 0. The number of fused-ring (bicyclic) bond motifs is 3. The van der Waals surface area contributed by atoms with E-state index < -0.39 is 60.4 Å². The second-order valence-electron chi connectivity index (χ2n) is 10.1. The van der Waals surface area contributed by atoms with Crippen LogP contribution in [0.15, 0.2) is 145 Å². The summed E-state index contributed by atoms with van der Waals surface area (Å²) < 4.78 is 86.8. The van der Waals surface area contributed by atoms with Gasteiger partial charge in [-0.1, -0.05) is 121 Å². The minimum absolute atomic E-state index is 0.00979. The number of nitrogens with zero attached hydrogens (tertiary/aromatic N) is 4. The topological polar surface area (TPSA) is 43.6 Å². The Morgan fingerprint density at radius 1 is 0.465 bits per heavy atom. The Labute approximate surface area is 261 Å². The molecule has 43 heavy (non-hydrogen) atoms. The number of rotatable bonds is 4. The molecule has 0 amide bonds. The molecule has 0 aliphatic carbocycles. The molecule has 7 aromatic carbocycles. The number of benzene rings is 7. The van der Waals surface area contributed by atoms with Gasteiger partial charge in [0.05, 0.1) is 24.7 Å². The van der Waals surface area contributed by atoms with Gasteiger partial charge in [0, 0.05) is 33.2 Å². The average Bonchev–Trinajstić information content (AvgIpc) is 3.53. The summed E-state index contributed by atoms with van der Waals surface area (Å²) in [4.78, 5) is 14.0. The minimum atomic E-state index is -0.600. The Morgan fingerprint density at radius 3 is 1.67 bits per heavy atom. The van der Waals surface area contributed by atoms with Gasteiger partial charge in [0.1, 0.15) is 0 Å². The van der Waals surface area contributed by atoms with E-state index >= 15 is 0 Å². The van der Waals surface area contributed by atoms with Gasteiger partial charge in [0.25, 0.3) is 0 Å². The van der Waals surface area contributed by atoms with E-state index in [1.165, 1.54) is 0 Å². The van der Waals surface area contributed by atoms with Gasteiger partial charge < -0.3 is 4.57 Å². The first kappa shape index (κ1) is 15.9. The lowest BCUT2D eigenvalue weighted by Gasteiger charge is -2.13. The lowest BCUT2D eigenvalue weighted by atomic mass is 9.93. The smallest absolute Gasteiger partial charge is 0.166 e. The Balaban J connectivity index is 1.48. The third-order valence-electron chi connectivity index (χ3n) is 7.78. The maximum absolute atomic E-state index is 8.75. The van der Waals surface area contributed by atoms with Crippen LogP contribution < -0.4 is 0 Å². The first-order chi connectivity index (χ1) is 25.5. The van der Waals surface area contributed by atoms with Crippen molar-refractivity contribution in [3.05, 3.63) is 145 Å². The largest absolute Gasteiger partial charge is 0.308 e. The van der Waals surface area contributed by atoms with Crippen LogP contribution in [0.5, 0.6) is 0 Å². The quantitative estimate of drug-likeness (QED) is 0.202. The molecule has 0 radical (unpaired) electrons. The number of hydrogen-bond donors (Lipinski definition) is 0. The number of para-hydroxylation sites is 1. The van der Waals surface area contributed by atoms with Gasteiger partial charge in [-0.15, -0.1) is 0 Å². The molecule has 0 atom stereocenters. The zero-order chi connectivity index (χ0) is 37.0. The lowest BCUT2D eigenvalue weighted by Crippen LogP contribution is -2.02. The van der Waals surface area contributed by atoms with E-state index in [0.29, 0.717) is 5.56 Å². The monoisotopic (exact) mass is 558 g/mol. The molecule has 0 saturated carbocycles. The standard InChI is InChI=1S/C39H24N4/c1-4-13-25(14-5-1)37-40-38(26-15-6-2-7-16-26)42-39(41-37)32-24-23-31-29-20-11-10-19-28(29)30-21-12-22-33-34(30)35(31)36(32)43(33)27-17-8-3-9-18-27/h1-24H/i1D,2D,4D,5D,6D,7D,13D,14D,15D,16D. The van der Waals surface area contributed by atoms with Crippen molar-refractivity contribution in [3.63, 3.8) is 0 Å². The Hall–Kier alpha value is -5.87. The Morgan fingerprint density at radius 2 is 1.02 bits per heavy atom. The summed E-state index contributed by atoms with van der Waals surface area (Å²) in [6, 6.07) is 22.0. The highest BCUT2D eigenvalue weighted by Gasteiger charge is 2.24. The van der Waals surface area contributed by atoms with Crippen molar-refractivity contribution >= 4 is 43.4 Å². The predicted molar refractivity (Wildman–Crippen MR) is 177 cm³/mol. The van der Waals surface area contributed by atoms with E-state index in [-0.39, 0.29) is 28.6 Å². The molecule has 9 rings (SSSR count). The number of aromatic nitrogens is 4. The normalized spacial score (nSPS) is 15.0. The van der Waals surface area contributed by atoms with Gasteiger partial charge in [-0.25, -0.2) is 15.0 Å². The highest BCUT2D eigenvalue weighted by Crippen LogP contribution is 2.46. The van der Waals surface area contributed by atoms with Crippen LogP contribution >= 0.6 is 0 Å². The van der Waals surface area contributed by atoms with Crippen molar-refractivity contribution in [3.8, 4) is 39.9 Å². The molecule has 2 heterocycles. The molecule has 2 aromatic heterocycles. The molecule has 0 unspecified atom stereocenters. The highest BCUT2D eigenvalue weighted by atomic mass is 15.0. The fourth-order valence-corrected chi connectivity index (χ4v) is 6.06. The van der Waals surface area contributed by atoms with Gasteiger partial charge in [0.15, 0.2) is 17.5 Å². The van der Waals surface area contributed by atoms with Crippen LogP contribution in [-0.4, -0.2) is 19.5 Å². The summed E-state index contributed by atoms with van der Waals surface area (Å²) in [5.41, 5.74) is 2.33. The molecule has 0 aliphatic heterocycles. The van der Waals surface area contributed by atoms with Gasteiger partial charge in [0.2, 0.25) is 0 Å². The van der Waals surface area contributed by atoms with E-state index in [1.807, 2.05) is 66.7 Å². The van der Waals surface area contributed by atoms with Crippen molar-refractivity contribution in [2.75, 3.05) is 0 Å². The first-order valence-electron chi connectivity index (χ1n) is 18.7. The molecule has 0 N–H and O–H groups in total. The molecule has 4 heteroatoms. The van der Waals surface area contributed by atoms with Crippen LogP contribution in [0.1, 0.15) is 13.7 Å². The highest BCUT2D eigenvalue weighted by molar-refractivity contribution is 6.35. The second-order valence-corrected chi connectivity index (χ2v) is 10.1. The second kappa shape index (κ2) is 9.33. The fourth-order valence-electron chi connectivity index (χ4n) is 6.06. The Kier molecular flexibility index (Phi) is 3.46. The maximum atomic E-state index is 8.75. The minimum Gasteiger partial charge on any atom is -0.308 e. The van der Waals surface area contributed by atoms with Crippen molar-refractivity contribution in [2.45, 2.75) is 0 Å². The molecule has 0 saturated heterocycles. The summed E-state index contributed by atoms with van der Waals surface area (Å²) in [5.74, 6) is -0.617. The van der Waals surface area contributed by atoms with Crippen LogP contribution in [0.25, 0.3) is 83.2 Å². The van der Waals surface area contributed by atoms with Crippen LogP contribution in [-0.2, 0) is 0 Å². The van der Waals surface area contributed by atoms with E-state index in [9.17, 15) is 0 Å². The van der Waals surface area contributed by atoms with Crippen LogP contribution in [0.4, 0.5) is 0 Å². The molecular weight excluding hydrogens is 524 g/mol. The molecular formula is C39H24N4. The SMILES string of the molecule is [2H]c1c([2H])c([2H])c(-c2nc(-c3c([2H])c([2H])c([2H])c([2H])c3[2H])nc(-c3ccc4c5ccccc5c5cccc6c5c4c3n6-c3ccccc3)n2)c([2H])c1[2H]. The van der Waals surface area contributed by atoms with E-state index in [1.54, 1.807) is 0 Å². The van der Waals surface area contributed by atoms with E-state index in [4.69, 9.17) is 23.7 Å². The van der Waals surface area contributed by atoms with Gasteiger partial charge in [-0.2, -0.15) is 0 Å². The van der Waals surface area contributed by atoms with Crippen molar-refractivity contribution in [1.82, 2.24) is 19.5 Å². The predicted octanol–water partition coefficient (Wildman–Crippen LogP) is 9.71. The van der Waals surface area contributed by atoms with E-state index in [2.05, 4.69) is 27.8 Å². The molecule has 0 fully saturated rings. The summed E-state index contributed by atoms with van der Waals surface area (Å²) in [6.07, 6.45) is 0. The zero-order valence-electron chi connectivity index (χ0n) is 32.4. The van der Waals surface area contributed by atoms with Crippen molar-refractivity contribution in [1.29, 1.82) is 0 Å². The van der Waals surface area contributed by atoms with Crippen LogP contribution in [0.2, 0.25) is 0 Å². The molecule has 4 nitrogen and oxygen atoms in total. The van der Waals surface area contributed by atoms with Gasteiger partial charge in [-0.05, 0) is 45.8 Å². The van der Waals surface area contributed by atoms with Gasteiger partial charge >= 0.3 is 0 Å². The lowest BCUT2D eigenvalue weighted by molar-refractivity contribution is 1.07. The molecule has 0 aliphatic rings. The third kappa shape index (κ3) is 3.60. The van der Waals surface area contributed by atoms with E-state index in [0.717, 1.165) is 49.0 Å². The molecule has 9 aromatic rings. The summed E-state index contributed by atoms with van der Waals surface area (Å²) >= 11 is 0.